The molecule has 1 aliphatic carbocycles. The Morgan fingerprint density at radius 3 is 2.48 bits per heavy atom. The van der Waals surface area contributed by atoms with Crippen LogP contribution in [0.25, 0.3) is 0 Å². The first-order valence-corrected chi connectivity index (χ1v) is 9.20. The van der Waals surface area contributed by atoms with Crippen molar-refractivity contribution in [3.05, 3.63) is 29.8 Å². The van der Waals surface area contributed by atoms with Crippen LogP contribution < -0.4 is 10.1 Å². The second-order valence-electron chi connectivity index (χ2n) is 7.11. The summed E-state index contributed by atoms with van der Waals surface area (Å²) in [4.78, 5) is 25.4. The molecular weight excluding hydrogens is 316 g/mol. The molecule has 0 atom stereocenters. The summed E-state index contributed by atoms with van der Waals surface area (Å²) < 4.78 is 5.47. The lowest BCUT2D eigenvalue weighted by Crippen LogP contribution is -2.31. The molecule has 1 aromatic carbocycles. The monoisotopic (exact) mass is 346 g/mol. The fraction of sp³-hybridized carbons (Fsp3) is 0.600. The van der Waals surface area contributed by atoms with E-state index in [0.717, 1.165) is 12.5 Å². The second kappa shape index (κ2) is 9.44. The normalized spacial score (nSPS) is 20.0. The first kappa shape index (κ1) is 19.3. The summed E-state index contributed by atoms with van der Waals surface area (Å²) in [6, 6.07) is 6.98. The molecule has 25 heavy (non-hydrogen) atoms. The van der Waals surface area contributed by atoms with Gasteiger partial charge in [0.25, 0.3) is 11.8 Å². The fourth-order valence-electron chi connectivity index (χ4n) is 3.18. The maximum atomic E-state index is 12.4. The quantitative estimate of drug-likeness (QED) is 0.825. The van der Waals surface area contributed by atoms with Crippen LogP contribution in [0.5, 0.6) is 5.75 Å². The van der Waals surface area contributed by atoms with Gasteiger partial charge in [-0.2, -0.15) is 0 Å². The highest BCUT2D eigenvalue weighted by atomic mass is 16.5. The maximum absolute atomic E-state index is 12.4. The van der Waals surface area contributed by atoms with Crippen molar-refractivity contribution in [1.29, 1.82) is 0 Å². The number of rotatable bonds is 7. The molecule has 0 unspecified atom stereocenters. The second-order valence-corrected chi connectivity index (χ2v) is 7.11. The van der Waals surface area contributed by atoms with E-state index in [-0.39, 0.29) is 18.4 Å². The molecule has 1 saturated carbocycles. The molecule has 0 saturated heterocycles. The number of ether oxygens (including phenoxy) is 1. The molecule has 0 spiro atoms. The van der Waals surface area contributed by atoms with Crippen molar-refractivity contribution in [2.75, 3.05) is 27.2 Å². The van der Waals surface area contributed by atoms with E-state index >= 15 is 0 Å². The lowest BCUT2D eigenvalue weighted by Gasteiger charge is -2.27. The lowest BCUT2D eigenvalue weighted by atomic mass is 9.81. The minimum absolute atomic E-state index is 0.0290. The van der Waals surface area contributed by atoms with Gasteiger partial charge in [-0.05, 0) is 42.9 Å². The molecule has 0 heterocycles. The molecule has 1 fully saturated rings. The molecule has 1 aromatic rings. The number of benzene rings is 1. The summed E-state index contributed by atoms with van der Waals surface area (Å²) in [7, 11) is 3.37. The van der Waals surface area contributed by atoms with E-state index in [2.05, 4.69) is 12.2 Å². The highest BCUT2D eigenvalue weighted by Crippen LogP contribution is 2.30. The molecule has 2 amide bonds. The Morgan fingerprint density at radius 1 is 1.16 bits per heavy atom. The molecule has 5 nitrogen and oxygen atoms in total. The molecule has 0 bridgehead atoms. The third kappa shape index (κ3) is 6.07. The van der Waals surface area contributed by atoms with Crippen LogP contribution in [0.15, 0.2) is 24.3 Å². The summed E-state index contributed by atoms with van der Waals surface area (Å²) in [5.74, 6) is 1.79. The zero-order valence-corrected chi connectivity index (χ0v) is 15.6. The van der Waals surface area contributed by atoms with Gasteiger partial charge in [-0.3, -0.25) is 9.59 Å². The zero-order chi connectivity index (χ0) is 18.2. The Labute approximate surface area is 150 Å². The standard InChI is InChI=1S/C20H30N2O3/c1-4-15-8-10-16(11-9-15)13-21-20(24)17-6-5-7-18(12-17)25-14-19(23)22(2)3/h5-7,12,15-16H,4,8-11,13-14H2,1-3H3,(H,21,24). The predicted molar refractivity (Wildman–Crippen MR) is 98.7 cm³/mol. The lowest BCUT2D eigenvalue weighted by molar-refractivity contribution is -0.130. The molecule has 5 heteroatoms. The number of carbonyl (C=O) groups is 2. The Hall–Kier alpha value is -2.04. The largest absolute Gasteiger partial charge is 0.484 e. The molecular formula is C20H30N2O3. The molecule has 1 N–H and O–H groups in total. The van der Waals surface area contributed by atoms with Gasteiger partial charge < -0.3 is 15.0 Å². The van der Waals surface area contributed by atoms with Crippen molar-refractivity contribution in [2.45, 2.75) is 39.0 Å². The number of nitrogens with one attached hydrogen (secondary N) is 1. The van der Waals surface area contributed by atoms with E-state index in [4.69, 9.17) is 4.74 Å². The van der Waals surface area contributed by atoms with Crippen LogP contribution in [0.3, 0.4) is 0 Å². The maximum Gasteiger partial charge on any atom is 0.259 e. The molecule has 0 aliphatic heterocycles. The fourth-order valence-corrected chi connectivity index (χ4v) is 3.18. The third-order valence-corrected chi connectivity index (χ3v) is 5.05. The van der Waals surface area contributed by atoms with Gasteiger partial charge in [0.15, 0.2) is 6.61 Å². The predicted octanol–water partition coefficient (Wildman–Crippen LogP) is 3.10. The molecule has 0 aromatic heterocycles. The smallest absolute Gasteiger partial charge is 0.259 e. The Kier molecular flexibility index (Phi) is 7.29. The average Bonchev–Trinajstić information content (AvgIpc) is 2.64. The van der Waals surface area contributed by atoms with E-state index in [1.807, 2.05) is 0 Å². The van der Waals surface area contributed by atoms with Gasteiger partial charge in [-0.25, -0.2) is 0 Å². The summed E-state index contributed by atoms with van der Waals surface area (Å²) in [5, 5.41) is 3.04. The Morgan fingerprint density at radius 2 is 1.84 bits per heavy atom. The van der Waals surface area contributed by atoms with Crippen LogP contribution in [-0.2, 0) is 4.79 Å². The number of likely N-dealkylation sites (N-methyl/N-ethyl adjacent to an activating group) is 1. The van der Waals surface area contributed by atoms with Crippen molar-refractivity contribution < 1.29 is 14.3 Å². The van der Waals surface area contributed by atoms with Gasteiger partial charge in [0.2, 0.25) is 0 Å². The van der Waals surface area contributed by atoms with Crippen LogP contribution >= 0.6 is 0 Å². The summed E-state index contributed by atoms with van der Waals surface area (Å²) in [6.07, 6.45) is 6.23. The third-order valence-electron chi connectivity index (χ3n) is 5.05. The number of nitrogens with zero attached hydrogens (tertiary/aromatic N) is 1. The Balaban J connectivity index is 1.81. The van der Waals surface area contributed by atoms with Gasteiger partial charge in [0, 0.05) is 26.2 Å². The number of carbonyl (C=O) groups excluding carboxylic acids is 2. The SMILES string of the molecule is CCC1CCC(CNC(=O)c2cccc(OCC(=O)N(C)C)c2)CC1. The average molecular weight is 346 g/mol. The summed E-state index contributed by atoms with van der Waals surface area (Å²) >= 11 is 0. The van der Waals surface area contributed by atoms with Crippen molar-refractivity contribution in [3.63, 3.8) is 0 Å². The van der Waals surface area contributed by atoms with Crippen molar-refractivity contribution >= 4 is 11.8 Å². The van der Waals surface area contributed by atoms with E-state index < -0.39 is 0 Å². The minimum atomic E-state index is -0.113. The highest BCUT2D eigenvalue weighted by Gasteiger charge is 2.20. The van der Waals surface area contributed by atoms with Crippen molar-refractivity contribution in [1.82, 2.24) is 10.2 Å². The number of hydrogen-bond donors (Lipinski definition) is 1. The van der Waals surface area contributed by atoms with Gasteiger partial charge in [0.05, 0.1) is 0 Å². The minimum Gasteiger partial charge on any atom is -0.484 e. The van der Waals surface area contributed by atoms with Crippen LogP contribution in [0.1, 0.15) is 49.4 Å². The first-order valence-electron chi connectivity index (χ1n) is 9.20. The summed E-state index contributed by atoms with van der Waals surface area (Å²) in [6.45, 7) is 2.96. The van der Waals surface area contributed by atoms with Crippen LogP contribution in [-0.4, -0.2) is 44.0 Å². The van der Waals surface area contributed by atoms with E-state index in [1.165, 1.54) is 37.0 Å². The topological polar surface area (TPSA) is 58.6 Å². The van der Waals surface area contributed by atoms with Crippen LogP contribution in [0.2, 0.25) is 0 Å². The van der Waals surface area contributed by atoms with Gasteiger partial charge >= 0.3 is 0 Å². The van der Waals surface area contributed by atoms with Crippen LogP contribution in [0, 0.1) is 11.8 Å². The van der Waals surface area contributed by atoms with E-state index in [9.17, 15) is 9.59 Å². The van der Waals surface area contributed by atoms with Crippen LogP contribution in [0.4, 0.5) is 0 Å². The number of amides is 2. The van der Waals surface area contributed by atoms with Crippen molar-refractivity contribution in [3.8, 4) is 5.75 Å². The Bertz CT molecular complexity index is 578. The summed E-state index contributed by atoms with van der Waals surface area (Å²) in [5.41, 5.74) is 0.567. The first-order chi connectivity index (χ1) is 12.0. The molecule has 138 valence electrons. The van der Waals surface area contributed by atoms with Crippen molar-refractivity contribution in [2.24, 2.45) is 11.8 Å². The van der Waals surface area contributed by atoms with Gasteiger partial charge in [0.1, 0.15) is 5.75 Å². The van der Waals surface area contributed by atoms with Gasteiger partial charge in [-0.1, -0.05) is 32.3 Å². The van der Waals surface area contributed by atoms with Gasteiger partial charge in [-0.15, -0.1) is 0 Å². The van der Waals surface area contributed by atoms with E-state index in [1.54, 1.807) is 38.4 Å². The zero-order valence-electron chi connectivity index (χ0n) is 15.6. The van der Waals surface area contributed by atoms with E-state index in [0.29, 0.717) is 17.2 Å². The molecule has 2 rings (SSSR count). The molecule has 0 radical (unpaired) electrons. The molecule has 1 aliphatic rings. The number of hydrogen-bond acceptors (Lipinski definition) is 3. The highest BCUT2D eigenvalue weighted by molar-refractivity contribution is 5.94.